The number of thiophene rings is 1. The number of anilines is 2. The number of amides is 1. The number of nitrogens with one attached hydrogen (secondary N) is 1. The molecule has 4 nitrogen and oxygen atoms in total. The number of alkyl halides is 3. The predicted octanol–water partition coefficient (Wildman–Crippen LogP) is 7.79. The molecule has 0 saturated carbocycles. The van der Waals surface area contributed by atoms with Crippen LogP contribution in [0.3, 0.4) is 0 Å². The summed E-state index contributed by atoms with van der Waals surface area (Å²) < 4.78 is 40.3. The van der Waals surface area contributed by atoms with Crippen molar-refractivity contribution in [2.45, 2.75) is 13.1 Å². The molecule has 0 aliphatic heterocycles. The second-order valence-electron chi connectivity index (χ2n) is 8.31. The average molecular weight is 504 g/mol. The Morgan fingerprint density at radius 1 is 0.917 bits per heavy atom. The molecule has 0 aliphatic carbocycles. The molecule has 0 radical (unpaired) electrons. The molecular weight excluding hydrogens is 483 g/mol. The Balaban J connectivity index is 1.65. The molecule has 2 aromatic heterocycles. The molecule has 8 heteroatoms. The molecule has 3 N–H and O–H groups in total. The summed E-state index contributed by atoms with van der Waals surface area (Å²) in [5.41, 5.74) is 9.77. The van der Waals surface area contributed by atoms with Crippen molar-refractivity contribution in [1.82, 2.24) is 4.98 Å². The van der Waals surface area contributed by atoms with Crippen molar-refractivity contribution >= 4 is 38.8 Å². The van der Waals surface area contributed by atoms with Crippen molar-refractivity contribution in [2.75, 3.05) is 11.1 Å². The van der Waals surface area contributed by atoms with Gasteiger partial charge in [0.2, 0.25) is 0 Å². The van der Waals surface area contributed by atoms with Gasteiger partial charge in [-0.05, 0) is 36.2 Å². The van der Waals surface area contributed by atoms with Gasteiger partial charge in [0.1, 0.15) is 9.71 Å². The van der Waals surface area contributed by atoms with Gasteiger partial charge in [-0.2, -0.15) is 13.2 Å². The minimum Gasteiger partial charge on any atom is -0.397 e. The number of para-hydroxylation sites is 1. The summed E-state index contributed by atoms with van der Waals surface area (Å²) in [6, 6.07) is 24.3. The van der Waals surface area contributed by atoms with Gasteiger partial charge in [-0.15, -0.1) is 11.3 Å². The molecule has 5 aromatic rings. The largest absolute Gasteiger partial charge is 0.418 e. The Kier molecular flexibility index (Phi) is 5.97. The number of aryl methyl sites for hydroxylation is 1. The van der Waals surface area contributed by atoms with Crippen molar-refractivity contribution in [3.05, 3.63) is 101 Å². The van der Waals surface area contributed by atoms with Crippen LogP contribution < -0.4 is 11.1 Å². The van der Waals surface area contributed by atoms with E-state index in [0.29, 0.717) is 15.9 Å². The minimum atomic E-state index is -4.61. The van der Waals surface area contributed by atoms with Gasteiger partial charge in [-0.1, -0.05) is 72.3 Å². The van der Waals surface area contributed by atoms with Crippen LogP contribution in [0.4, 0.5) is 24.5 Å². The maximum atomic E-state index is 13.4. The molecular formula is C28H20F3N3OS. The normalized spacial score (nSPS) is 11.6. The summed E-state index contributed by atoms with van der Waals surface area (Å²) in [5, 5.41) is 2.98. The molecule has 36 heavy (non-hydrogen) atoms. The number of fused-ring (bicyclic) bond motifs is 1. The van der Waals surface area contributed by atoms with Gasteiger partial charge in [0, 0.05) is 10.9 Å². The molecule has 0 unspecified atom stereocenters. The summed E-state index contributed by atoms with van der Waals surface area (Å²) >= 11 is 1.06. The zero-order valence-corrected chi connectivity index (χ0v) is 19.9. The van der Waals surface area contributed by atoms with Gasteiger partial charge >= 0.3 is 6.18 Å². The molecule has 0 bridgehead atoms. The zero-order chi connectivity index (χ0) is 25.4. The first-order valence-corrected chi connectivity index (χ1v) is 11.9. The van der Waals surface area contributed by atoms with Crippen LogP contribution in [0.2, 0.25) is 0 Å². The van der Waals surface area contributed by atoms with Crippen molar-refractivity contribution in [3.63, 3.8) is 0 Å². The number of rotatable bonds is 4. The van der Waals surface area contributed by atoms with E-state index < -0.39 is 17.6 Å². The third kappa shape index (κ3) is 4.43. The average Bonchev–Trinajstić information content (AvgIpc) is 3.20. The van der Waals surface area contributed by atoms with Crippen LogP contribution in [0.25, 0.3) is 32.6 Å². The van der Waals surface area contributed by atoms with Crippen LogP contribution in [0, 0.1) is 6.92 Å². The van der Waals surface area contributed by atoms with Crippen molar-refractivity contribution in [2.24, 2.45) is 0 Å². The molecule has 0 saturated heterocycles. The van der Waals surface area contributed by atoms with Crippen LogP contribution in [-0.2, 0) is 6.18 Å². The Morgan fingerprint density at radius 3 is 2.28 bits per heavy atom. The first-order chi connectivity index (χ1) is 17.2. The zero-order valence-electron chi connectivity index (χ0n) is 19.1. The Morgan fingerprint density at radius 2 is 1.58 bits per heavy atom. The second kappa shape index (κ2) is 9.13. The lowest BCUT2D eigenvalue weighted by Crippen LogP contribution is -2.16. The van der Waals surface area contributed by atoms with E-state index in [-0.39, 0.29) is 16.3 Å². The van der Waals surface area contributed by atoms with E-state index in [0.717, 1.165) is 39.7 Å². The fourth-order valence-electron chi connectivity index (χ4n) is 4.03. The molecule has 0 atom stereocenters. The highest BCUT2D eigenvalue weighted by Gasteiger charge is 2.34. The first kappa shape index (κ1) is 23.6. The Hall–Kier alpha value is -4.17. The van der Waals surface area contributed by atoms with Crippen molar-refractivity contribution in [3.8, 4) is 22.4 Å². The fourth-order valence-corrected chi connectivity index (χ4v) is 5.04. The molecule has 0 spiro atoms. The quantitative estimate of drug-likeness (QED) is 0.263. The highest BCUT2D eigenvalue weighted by atomic mass is 32.1. The van der Waals surface area contributed by atoms with E-state index in [2.05, 4.69) is 5.32 Å². The van der Waals surface area contributed by atoms with E-state index in [4.69, 9.17) is 10.7 Å². The van der Waals surface area contributed by atoms with Crippen LogP contribution in [-0.4, -0.2) is 10.9 Å². The summed E-state index contributed by atoms with van der Waals surface area (Å²) in [6.45, 7) is 2.00. The number of benzene rings is 3. The maximum absolute atomic E-state index is 13.4. The van der Waals surface area contributed by atoms with Crippen LogP contribution in [0.5, 0.6) is 0 Å². The number of aromatic nitrogens is 1. The van der Waals surface area contributed by atoms with Crippen molar-refractivity contribution < 1.29 is 18.0 Å². The van der Waals surface area contributed by atoms with Crippen molar-refractivity contribution in [1.29, 1.82) is 0 Å². The standard InChI is InChI=1S/C28H20F3N3OS/c1-16-11-13-18(14-12-16)22-15-19(17-7-3-2-4-8-17)23-24(32)25(36-27(23)34-22)26(35)33-21-10-6-5-9-20(21)28(29,30)31/h2-15H,32H2,1H3,(H,33,35). The fraction of sp³-hybridized carbons (Fsp3) is 0.0714. The number of carbonyl (C=O) groups excluding carboxylic acids is 1. The number of nitrogens with two attached hydrogens (primary N) is 1. The second-order valence-corrected chi connectivity index (χ2v) is 9.31. The summed E-state index contributed by atoms with van der Waals surface area (Å²) in [6.07, 6.45) is -4.61. The summed E-state index contributed by atoms with van der Waals surface area (Å²) in [5.74, 6) is -0.719. The third-order valence-electron chi connectivity index (χ3n) is 5.82. The number of carbonyl (C=O) groups is 1. The number of halogens is 3. The van der Waals surface area contributed by atoms with Gasteiger partial charge in [-0.25, -0.2) is 4.98 Å². The van der Waals surface area contributed by atoms with E-state index in [1.807, 2.05) is 67.6 Å². The first-order valence-electron chi connectivity index (χ1n) is 11.1. The molecule has 0 aliphatic rings. The van der Waals surface area contributed by atoms with Crippen LogP contribution >= 0.6 is 11.3 Å². The Labute approximate surface area is 209 Å². The predicted molar refractivity (Wildman–Crippen MR) is 139 cm³/mol. The molecule has 0 fully saturated rings. The van der Waals surface area contributed by atoms with Gasteiger partial charge in [0.15, 0.2) is 0 Å². The van der Waals surface area contributed by atoms with Crippen LogP contribution in [0.1, 0.15) is 20.8 Å². The van der Waals surface area contributed by atoms with E-state index in [9.17, 15) is 18.0 Å². The molecule has 5 rings (SSSR count). The van der Waals surface area contributed by atoms with E-state index >= 15 is 0 Å². The highest BCUT2D eigenvalue weighted by molar-refractivity contribution is 7.21. The number of pyridine rings is 1. The Bertz CT molecular complexity index is 1580. The number of hydrogen-bond donors (Lipinski definition) is 2. The maximum Gasteiger partial charge on any atom is 0.418 e. The number of hydrogen-bond acceptors (Lipinski definition) is 4. The highest BCUT2D eigenvalue weighted by Crippen LogP contribution is 2.42. The van der Waals surface area contributed by atoms with Gasteiger partial charge in [-0.3, -0.25) is 4.79 Å². The number of nitrogen functional groups attached to an aromatic ring is 1. The van der Waals surface area contributed by atoms with E-state index in [1.165, 1.54) is 18.2 Å². The van der Waals surface area contributed by atoms with Crippen LogP contribution in [0.15, 0.2) is 84.9 Å². The summed E-state index contributed by atoms with van der Waals surface area (Å²) in [7, 11) is 0. The van der Waals surface area contributed by atoms with Gasteiger partial charge in [0.05, 0.1) is 22.6 Å². The smallest absolute Gasteiger partial charge is 0.397 e. The molecule has 3 aromatic carbocycles. The SMILES string of the molecule is Cc1ccc(-c2cc(-c3ccccc3)c3c(N)c(C(=O)Nc4ccccc4C(F)(F)F)sc3n2)cc1. The summed E-state index contributed by atoms with van der Waals surface area (Å²) in [4.78, 5) is 18.5. The van der Waals surface area contributed by atoms with Gasteiger partial charge < -0.3 is 11.1 Å². The van der Waals surface area contributed by atoms with E-state index in [1.54, 1.807) is 0 Å². The monoisotopic (exact) mass is 503 g/mol. The van der Waals surface area contributed by atoms with Gasteiger partial charge in [0.25, 0.3) is 5.91 Å². The minimum absolute atomic E-state index is 0.104. The topological polar surface area (TPSA) is 68.0 Å². The molecule has 1 amide bonds. The third-order valence-corrected chi connectivity index (χ3v) is 6.92. The molecule has 180 valence electrons. The number of nitrogens with zero attached hydrogens (tertiary/aromatic N) is 1. The lowest BCUT2D eigenvalue weighted by molar-refractivity contribution is -0.136. The lowest BCUT2D eigenvalue weighted by Gasteiger charge is -2.13. The molecule has 2 heterocycles. The lowest BCUT2D eigenvalue weighted by atomic mass is 9.99.